The fourth-order valence-corrected chi connectivity index (χ4v) is 5.87. The van der Waals surface area contributed by atoms with Gasteiger partial charge in [-0.15, -0.1) is 0 Å². The van der Waals surface area contributed by atoms with E-state index in [-0.39, 0.29) is 23.7 Å². The van der Waals surface area contributed by atoms with Gasteiger partial charge in [0.25, 0.3) is 0 Å². The number of amides is 2. The van der Waals surface area contributed by atoms with Crippen molar-refractivity contribution in [1.82, 2.24) is 9.80 Å². The molecule has 37 heavy (non-hydrogen) atoms. The molecule has 9 heteroatoms. The first kappa shape index (κ1) is 27.7. The van der Waals surface area contributed by atoms with Crippen LogP contribution in [-0.2, 0) is 16.0 Å². The number of benzene rings is 2. The van der Waals surface area contributed by atoms with Gasteiger partial charge in [0.05, 0.1) is 5.69 Å². The van der Waals surface area contributed by atoms with Crippen LogP contribution < -0.4 is 10.6 Å². The number of para-hydroxylation sites is 1. The van der Waals surface area contributed by atoms with E-state index in [1.807, 2.05) is 17.0 Å². The molecule has 0 radical (unpaired) electrons. The minimum Gasteiger partial charge on any atom is -0.365 e. The molecule has 0 aliphatic carbocycles. The maximum Gasteiger partial charge on any atom is 0.245 e. The lowest BCUT2D eigenvalue weighted by Gasteiger charge is -2.40. The number of hydrogen-bond donors (Lipinski definition) is 1. The molecular formula is C28H35Cl2FN4O2. The van der Waals surface area contributed by atoms with Gasteiger partial charge in [-0.3, -0.25) is 9.59 Å². The van der Waals surface area contributed by atoms with Crippen molar-refractivity contribution >= 4 is 40.7 Å². The molecule has 2 aromatic carbocycles. The SMILES string of the molecule is CC(C)C[C@H](N)c1cccc(F)c1N1CCN(C(=O)[C@@H](Cc2ccc(Cl)cc2Cl)N2CCCC2=O)CC1. The molecule has 0 saturated carbocycles. The summed E-state index contributed by atoms with van der Waals surface area (Å²) < 4.78 is 15.0. The summed E-state index contributed by atoms with van der Waals surface area (Å²) in [7, 11) is 0. The molecule has 0 aromatic heterocycles. The molecule has 4 rings (SSSR count). The van der Waals surface area contributed by atoms with E-state index >= 15 is 4.39 Å². The van der Waals surface area contributed by atoms with E-state index < -0.39 is 6.04 Å². The molecule has 2 N–H and O–H groups in total. The molecule has 0 bridgehead atoms. The average molecular weight is 550 g/mol. The molecule has 2 fully saturated rings. The number of nitrogens with two attached hydrogens (primary N) is 1. The van der Waals surface area contributed by atoms with Crippen molar-refractivity contribution in [2.75, 3.05) is 37.6 Å². The van der Waals surface area contributed by atoms with Crippen LogP contribution in [0.1, 0.15) is 50.3 Å². The van der Waals surface area contributed by atoms with Crippen LogP contribution in [-0.4, -0.2) is 60.4 Å². The molecule has 2 aliphatic heterocycles. The van der Waals surface area contributed by atoms with Crippen LogP contribution >= 0.6 is 23.2 Å². The molecule has 200 valence electrons. The van der Waals surface area contributed by atoms with Gasteiger partial charge in [-0.05, 0) is 48.1 Å². The number of anilines is 1. The maximum absolute atomic E-state index is 15.0. The summed E-state index contributed by atoms with van der Waals surface area (Å²) >= 11 is 12.5. The number of nitrogens with zero attached hydrogens (tertiary/aromatic N) is 3. The number of carbonyl (C=O) groups excluding carboxylic acids is 2. The molecule has 2 heterocycles. The van der Waals surface area contributed by atoms with E-state index in [9.17, 15) is 9.59 Å². The zero-order valence-electron chi connectivity index (χ0n) is 21.4. The van der Waals surface area contributed by atoms with Crippen molar-refractivity contribution in [2.45, 2.75) is 51.6 Å². The highest BCUT2D eigenvalue weighted by Gasteiger charge is 2.37. The van der Waals surface area contributed by atoms with Crippen molar-refractivity contribution in [3.8, 4) is 0 Å². The topological polar surface area (TPSA) is 69.9 Å². The highest BCUT2D eigenvalue weighted by molar-refractivity contribution is 6.35. The fourth-order valence-electron chi connectivity index (χ4n) is 5.39. The van der Waals surface area contributed by atoms with E-state index in [0.717, 1.165) is 24.0 Å². The Balaban J connectivity index is 1.51. The second-order valence-electron chi connectivity index (χ2n) is 10.4. The van der Waals surface area contributed by atoms with Crippen LogP contribution in [0, 0.1) is 11.7 Å². The van der Waals surface area contributed by atoms with E-state index in [4.69, 9.17) is 28.9 Å². The number of halogens is 3. The highest BCUT2D eigenvalue weighted by atomic mass is 35.5. The molecule has 2 amide bonds. The first-order chi connectivity index (χ1) is 17.7. The first-order valence-electron chi connectivity index (χ1n) is 13.0. The van der Waals surface area contributed by atoms with Gasteiger partial charge in [0.2, 0.25) is 11.8 Å². The fraction of sp³-hybridized carbons (Fsp3) is 0.500. The van der Waals surface area contributed by atoms with Gasteiger partial charge >= 0.3 is 0 Å². The van der Waals surface area contributed by atoms with Crippen molar-refractivity contribution in [2.24, 2.45) is 11.7 Å². The van der Waals surface area contributed by atoms with Crippen molar-refractivity contribution in [3.63, 3.8) is 0 Å². The highest BCUT2D eigenvalue weighted by Crippen LogP contribution is 2.32. The van der Waals surface area contributed by atoms with Gasteiger partial charge < -0.3 is 20.4 Å². The minimum atomic E-state index is -0.635. The van der Waals surface area contributed by atoms with Crippen molar-refractivity contribution < 1.29 is 14.0 Å². The summed E-state index contributed by atoms with van der Waals surface area (Å²) in [5.74, 6) is -0.0299. The molecule has 2 atom stereocenters. The van der Waals surface area contributed by atoms with Gasteiger partial charge in [0.15, 0.2) is 0 Å². The molecule has 2 aromatic rings. The lowest BCUT2D eigenvalue weighted by atomic mass is 9.95. The Bertz CT molecular complexity index is 1140. The van der Waals surface area contributed by atoms with Gasteiger partial charge in [0, 0.05) is 61.7 Å². The summed E-state index contributed by atoms with van der Waals surface area (Å²) in [6.45, 7) is 6.57. The Morgan fingerprint density at radius 2 is 1.81 bits per heavy atom. The second-order valence-corrected chi connectivity index (χ2v) is 11.2. The predicted molar refractivity (Wildman–Crippen MR) is 146 cm³/mol. The Morgan fingerprint density at radius 1 is 1.08 bits per heavy atom. The lowest BCUT2D eigenvalue weighted by Crippen LogP contribution is -2.56. The smallest absolute Gasteiger partial charge is 0.245 e. The lowest BCUT2D eigenvalue weighted by molar-refractivity contribution is -0.143. The minimum absolute atomic E-state index is 0.0165. The normalized spacial score (nSPS) is 18.0. The molecule has 0 spiro atoms. The first-order valence-corrected chi connectivity index (χ1v) is 13.7. The Labute approximate surface area is 228 Å². The molecule has 2 saturated heterocycles. The standard InChI is InChI=1S/C28H35Cl2FN4O2/c1-18(2)15-24(32)21-5-3-6-23(31)27(21)33-11-13-34(14-12-33)28(37)25(35-10-4-7-26(35)36)16-19-8-9-20(29)17-22(19)30/h3,5-6,8-9,17-18,24-25H,4,7,10-16,32H2,1-2H3/t24-,25+/m0/s1. The zero-order chi connectivity index (χ0) is 26.7. The van der Waals surface area contributed by atoms with E-state index in [1.165, 1.54) is 6.07 Å². The average Bonchev–Trinajstić information content (AvgIpc) is 3.28. The largest absolute Gasteiger partial charge is 0.365 e. The van der Waals surface area contributed by atoms with Gasteiger partial charge in [-0.2, -0.15) is 0 Å². The number of piperazine rings is 1. The van der Waals surface area contributed by atoms with Crippen LogP contribution in [0.2, 0.25) is 10.0 Å². The van der Waals surface area contributed by atoms with Crippen LogP contribution in [0.4, 0.5) is 10.1 Å². The summed E-state index contributed by atoms with van der Waals surface area (Å²) in [5, 5.41) is 0.997. The Hall–Kier alpha value is -2.35. The number of hydrogen-bond acceptors (Lipinski definition) is 4. The summed E-state index contributed by atoms with van der Waals surface area (Å²) in [6.07, 6.45) is 2.26. The third-order valence-electron chi connectivity index (χ3n) is 7.25. The number of rotatable bonds is 8. The van der Waals surface area contributed by atoms with Crippen molar-refractivity contribution in [1.29, 1.82) is 0 Å². The summed E-state index contributed by atoms with van der Waals surface area (Å²) in [5.41, 5.74) is 8.55. The maximum atomic E-state index is 15.0. The Kier molecular flexibility index (Phi) is 8.98. The van der Waals surface area contributed by atoms with Crippen LogP contribution in [0.15, 0.2) is 36.4 Å². The second kappa shape index (κ2) is 12.0. The van der Waals surface area contributed by atoms with Gasteiger partial charge in [-0.25, -0.2) is 4.39 Å². The van der Waals surface area contributed by atoms with E-state index in [2.05, 4.69) is 13.8 Å². The third-order valence-corrected chi connectivity index (χ3v) is 7.84. The monoisotopic (exact) mass is 548 g/mol. The predicted octanol–water partition coefficient (Wildman–Crippen LogP) is 5.06. The van der Waals surface area contributed by atoms with Gasteiger partial charge in [0.1, 0.15) is 11.9 Å². The van der Waals surface area contributed by atoms with E-state index in [1.54, 1.807) is 28.0 Å². The summed E-state index contributed by atoms with van der Waals surface area (Å²) in [4.78, 5) is 31.8. The molecule has 2 aliphatic rings. The third kappa shape index (κ3) is 6.39. The summed E-state index contributed by atoms with van der Waals surface area (Å²) in [6, 6.07) is 9.36. The number of likely N-dealkylation sites (tertiary alicyclic amines) is 1. The van der Waals surface area contributed by atoms with Crippen LogP contribution in [0.25, 0.3) is 0 Å². The van der Waals surface area contributed by atoms with Crippen LogP contribution in [0.5, 0.6) is 0 Å². The molecule has 0 unspecified atom stereocenters. The molecule has 6 nitrogen and oxygen atoms in total. The quantitative estimate of drug-likeness (QED) is 0.500. The van der Waals surface area contributed by atoms with E-state index in [0.29, 0.717) is 67.2 Å². The molecular weight excluding hydrogens is 514 g/mol. The van der Waals surface area contributed by atoms with Crippen molar-refractivity contribution in [3.05, 3.63) is 63.4 Å². The Morgan fingerprint density at radius 3 is 2.43 bits per heavy atom. The van der Waals surface area contributed by atoms with Crippen LogP contribution in [0.3, 0.4) is 0 Å². The zero-order valence-corrected chi connectivity index (χ0v) is 22.9. The van der Waals surface area contributed by atoms with Gasteiger partial charge in [-0.1, -0.05) is 55.2 Å². The number of carbonyl (C=O) groups is 2.